The first-order chi connectivity index (χ1) is 12.1. The maximum Gasteiger partial charge on any atom is 0.261 e. The molecule has 129 valence electrons. The monoisotopic (exact) mass is 334 g/mol. The molecule has 1 radical (unpaired) electrons. The van der Waals surface area contributed by atoms with E-state index in [1.807, 2.05) is 18.2 Å². The quantitative estimate of drug-likeness (QED) is 0.697. The molecule has 1 aliphatic heterocycles. The predicted octanol–water partition coefficient (Wildman–Crippen LogP) is 4.53. The van der Waals surface area contributed by atoms with Gasteiger partial charge >= 0.3 is 0 Å². The predicted molar refractivity (Wildman–Crippen MR) is 99.2 cm³/mol. The van der Waals surface area contributed by atoms with E-state index in [1.54, 1.807) is 24.3 Å². The number of hydrogen-bond donors (Lipinski definition) is 0. The van der Waals surface area contributed by atoms with Gasteiger partial charge in [0.2, 0.25) is 0 Å². The summed E-state index contributed by atoms with van der Waals surface area (Å²) >= 11 is 0. The van der Waals surface area contributed by atoms with E-state index in [-0.39, 0.29) is 23.8 Å². The summed E-state index contributed by atoms with van der Waals surface area (Å²) in [6.45, 7) is 6.39. The van der Waals surface area contributed by atoms with Crippen LogP contribution < -0.4 is 0 Å². The Kier molecular flexibility index (Phi) is 5.32. The molecule has 25 heavy (non-hydrogen) atoms. The summed E-state index contributed by atoms with van der Waals surface area (Å²) in [5.74, 6) is -0.269. The molecule has 0 spiro atoms. The smallest absolute Gasteiger partial charge is 0.261 e. The van der Waals surface area contributed by atoms with Gasteiger partial charge in [0.1, 0.15) is 0 Å². The molecule has 0 saturated heterocycles. The highest BCUT2D eigenvalue weighted by Crippen LogP contribution is 2.30. The third-order valence-electron chi connectivity index (χ3n) is 4.97. The molecule has 2 unspecified atom stereocenters. The lowest BCUT2D eigenvalue weighted by molar-refractivity contribution is 0.0562. The SMILES string of the molecule is [CH2]C(C(CCCC)Cc1ccccc1)N1C(=O)c2ccccc2C1=O. The second-order valence-corrected chi connectivity index (χ2v) is 6.69. The summed E-state index contributed by atoms with van der Waals surface area (Å²) in [4.78, 5) is 26.9. The van der Waals surface area contributed by atoms with Crippen molar-refractivity contribution in [3.63, 3.8) is 0 Å². The number of fused-ring (bicyclic) bond motifs is 1. The van der Waals surface area contributed by atoms with Gasteiger partial charge in [-0.1, -0.05) is 62.2 Å². The van der Waals surface area contributed by atoms with Gasteiger partial charge in [-0.05, 0) is 43.4 Å². The van der Waals surface area contributed by atoms with E-state index in [9.17, 15) is 9.59 Å². The lowest BCUT2D eigenvalue weighted by Gasteiger charge is -2.30. The zero-order valence-electron chi connectivity index (χ0n) is 14.7. The average Bonchev–Trinajstić information content (AvgIpc) is 2.90. The minimum atomic E-state index is -0.362. The summed E-state index contributed by atoms with van der Waals surface area (Å²) in [5, 5.41) is 0. The Balaban J connectivity index is 1.84. The standard InChI is InChI=1S/C22H24NO2/c1-3-4-12-18(15-17-10-6-5-7-11-17)16(2)23-21(24)19-13-8-9-14-20(19)22(23)25/h5-11,13-14,16,18H,2-4,12,15H2,1H3. The fourth-order valence-electron chi connectivity index (χ4n) is 3.53. The van der Waals surface area contributed by atoms with Crippen molar-refractivity contribution in [3.8, 4) is 0 Å². The van der Waals surface area contributed by atoms with Crippen molar-refractivity contribution in [2.75, 3.05) is 0 Å². The van der Waals surface area contributed by atoms with E-state index in [0.717, 1.165) is 25.7 Å². The molecule has 1 heterocycles. The first kappa shape index (κ1) is 17.4. The molecule has 2 amide bonds. The van der Waals surface area contributed by atoms with Gasteiger partial charge in [-0.15, -0.1) is 0 Å². The van der Waals surface area contributed by atoms with Gasteiger partial charge < -0.3 is 0 Å². The van der Waals surface area contributed by atoms with Gasteiger partial charge in [0.05, 0.1) is 11.1 Å². The van der Waals surface area contributed by atoms with Crippen LogP contribution in [0.4, 0.5) is 0 Å². The minimum absolute atomic E-state index is 0.157. The van der Waals surface area contributed by atoms with Gasteiger partial charge in [0, 0.05) is 6.04 Å². The molecule has 3 heteroatoms. The Morgan fingerprint density at radius 3 is 2.04 bits per heavy atom. The van der Waals surface area contributed by atoms with Crippen LogP contribution in [0.5, 0.6) is 0 Å². The zero-order chi connectivity index (χ0) is 17.8. The van der Waals surface area contributed by atoms with Crippen LogP contribution in [0, 0.1) is 12.8 Å². The number of nitrogens with zero attached hydrogens (tertiary/aromatic N) is 1. The molecule has 0 aromatic heterocycles. The normalized spacial score (nSPS) is 16.0. The van der Waals surface area contributed by atoms with Crippen molar-refractivity contribution in [2.24, 2.45) is 5.92 Å². The summed E-state index contributed by atoms with van der Waals surface area (Å²) in [5.41, 5.74) is 2.21. The largest absolute Gasteiger partial charge is 0.271 e. The van der Waals surface area contributed by atoms with Crippen molar-refractivity contribution >= 4 is 11.8 Å². The van der Waals surface area contributed by atoms with Crippen LogP contribution in [-0.4, -0.2) is 22.8 Å². The number of carbonyl (C=O) groups excluding carboxylic acids is 2. The van der Waals surface area contributed by atoms with E-state index in [1.165, 1.54) is 10.5 Å². The molecule has 1 aliphatic rings. The minimum Gasteiger partial charge on any atom is -0.271 e. The van der Waals surface area contributed by atoms with E-state index in [4.69, 9.17) is 0 Å². The van der Waals surface area contributed by atoms with Crippen LogP contribution in [0.25, 0.3) is 0 Å². The van der Waals surface area contributed by atoms with E-state index >= 15 is 0 Å². The van der Waals surface area contributed by atoms with Gasteiger partial charge in [-0.3, -0.25) is 14.5 Å². The first-order valence-electron chi connectivity index (χ1n) is 8.97. The molecular formula is C22H24NO2. The number of rotatable bonds is 7. The van der Waals surface area contributed by atoms with Gasteiger partial charge in [0.15, 0.2) is 0 Å². The molecule has 3 rings (SSSR count). The highest BCUT2D eigenvalue weighted by molar-refractivity contribution is 6.21. The molecule has 0 aliphatic carbocycles. The number of amides is 2. The molecule has 3 nitrogen and oxygen atoms in total. The fourth-order valence-corrected chi connectivity index (χ4v) is 3.53. The topological polar surface area (TPSA) is 37.4 Å². The van der Waals surface area contributed by atoms with Crippen molar-refractivity contribution in [1.29, 1.82) is 0 Å². The van der Waals surface area contributed by atoms with E-state index in [2.05, 4.69) is 26.0 Å². The highest BCUT2D eigenvalue weighted by atomic mass is 16.2. The Morgan fingerprint density at radius 2 is 1.48 bits per heavy atom. The highest BCUT2D eigenvalue weighted by Gasteiger charge is 2.40. The fraction of sp³-hybridized carbons (Fsp3) is 0.318. The van der Waals surface area contributed by atoms with Crippen molar-refractivity contribution in [2.45, 2.75) is 38.6 Å². The maximum atomic E-state index is 12.7. The second-order valence-electron chi connectivity index (χ2n) is 6.69. The van der Waals surface area contributed by atoms with E-state index < -0.39 is 0 Å². The molecule has 0 saturated carbocycles. The Labute approximate surface area is 149 Å². The third kappa shape index (κ3) is 3.51. The molecule has 2 atom stereocenters. The number of imide groups is 1. The lowest BCUT2D eigenvalue weighted by Crippen LogP contribution is -2.43. The molecular weight excluding hydrogens is 310 g/mol. The van der Waals surface area contributed by atoms with Crippen LogP contribution in [0.3, 0.4) is 0 Å². The van der Waals surface area contributed by atoms with Gasteiger partial charge in [-0.25, -0.2) is 0 Å². The van der Waals surface area contributed by atoms with Crippen molar-refractivity contribution < 1.29 is 9.59 Å². The van der Waals surface area contributed by atoms with Gasteiger partial charge in [0.25, 0.3) is 11.8 Å². The molecule has 2 aromatic rings. The van der Waals surface area contributed by atoms with Crippen molar-refractivity contribution in [1.82, 2.24) is 4.90 Å². The average molecular weight is 334 g/mol. The summed E-state index contributed by atoms with van der Waals surface area (Å²) < 4.78 is 0. The zero-order valence-corrected chi connectivity index (χ0v) is 14.7. The molecule has 0 bridgehead atoms. The summed E-state index contributed by atoms with van der Waals surface area (Å²) in [6.07, 6.45) is 3.92. The Hall–Kier alpha value is -2.42. The van der Waals surface area contributed by atoms with Crippen molar-refractivity contribution in [3.05, 3.63) is 78.2 Å². The first-order valence-corrected chi connectivity index (χ1v) is 8.97. The Bertz CT molecular complexity index is 719. The third-order valence-corrected chi connectivity index (χ3v) is 4.97. The van der Waals surface area contributed by atoms with Crippen LogP contribution in [0.1, 0.15) is 52.5 Å². The van der Waals surface area contributed by atoms with Gasteiger partial charge in [-0.2, -0.15) is 0 Å². The van der Waals surface area contributed by atoms with Crippen LogP contribution in [0.15, 0.2) is 54.6 Å². The van der Waals surface area contributed by atoms with Crippen LogP contribution >= 0.6 is 0 Å². The second kappa shape index (κ2) is 7.64. The number of carbonyl (C=O) groups is 2. The number of hydrogen-bond acceptors (Lipinski definition) is 2. The summed E-state index contributed by atoms with van der Waals surface area (Å²) in [7, 11) is 0. The summed E-state index contributed by atoms with van der Waals surface area (Å²) in [6, 6.07) is 16.9. The molecule has 0 fully saturated rings. The molecule has 0 N–H and O–H groups in total. The lowest BCUT2D eigenvalue weighted by atomic mass is 9.87. The molecule has 2 aromatic carbocycles. The van der Waals surface area contributed by atoms with Crippen LogP contribution in [0.2, 0.25) is 0 Å². The number of unbranched alkanes of at least 4 members (excludes halogenated alkanes) is 1. The van der Waals surface area contributed by atoms with Crippen LogP contribution in [-0.2, 0) is 6.42 Å². The Morgan fingerprint density at radius 1 is 0.920 bits per heavy atom. The van der Waals surface area contributed by atoms with E-state index in [0.29, 0.717) is 11.1 Å². The maximum absolute atomic E-state index is 12.7. The number of benzene rings is 2.